The summed E-state index contributed by atoms with van der Waals surface area (Å²) in [6.45, 7) is 1.87. The number of amides is 2. The molecule has 0 spiro atoms. The Hall–Kier alpha value is -5.75. The van der Waals surface area contributed by atoms with Crippen molar-refractivity contribution in [1.82, 2.24) is 25.1 Å². The minimum atomic E-state index is -0.463. The number of benzene rings is 6. The van der Waals surface area contributed by atoms with E-state index in [1.54, 1.807) is 0 Å². The van der Waals surface area contributed by atoms with Crippen LogP contribution in [0.3, 0.4) is 0 Å². The first-order valence-electron chi connectivity index (χ1n) is 17.8. The molecule has 0 aliphatic rings. The number of rotatable bonds is 13. The molecule has 8 aromatic rings. The maximum atomic E-state index is 13.6. The number of nitrogens with one attached hydrogen (secondary N) is 2. The summed E-state index contributed by atoms with van der Waals surface area (Å²) in [6, 6.07) is 50.1. The number of thioether (sulfide) groups is 2. The van der Waals surface area contributed by atoms with Gasteiger partial charge in [0.05, 0.1) is 27.3 Å². The molecule has 0 unspecified atom stereocenters. The molecular weight excluding hydrogens is 741 g/mol. The Morgan fingerprint density at radius 2 is 1.44 bits per heavy atom. The smallest absolute Gasteiger partial charge is 0.237 e. The zero-order valence-corrected chi connectivity index (χ0v) is 32.3. The minimum absolute atomic E-state index is 0.0785. The fourth-order valence-electron chi connectivity index (χ4n) is 6.42. The number of hydrogen-bond acceptors (Lipinski definition) is 8. The van der Waals surface area contributed by atoms with Crippen molar-refractivity contribution < 1.29 is 9.59 Å². The molecule has 11 heteroatoms. The highest BCUT2D eigenvalue weighted by Gasteiger charge is 2.23. The molecule has 0 aliphatic carbocycles. The van der Waals surface area contributed by atoms with E-state index in [1.807, 2.05) is 127 Å². The number of hydrogen-bond donors (Lipinski definition) is 2. The Kier molecular flexibility index (Phi) is 11.0. The summed E-state index contributed by atoms with van der Waals surface area (Å²) in [5, 5.41) is 18.0. The summed E-state index contributed by atoms with van der Waals surface area (Å²) in [5.74, 6) is 0.799. The van der Waals surface area contributed by atoms with Crippen molar-refractivity contribution in [2.24, 2.45) is 0 Å². The van der Waals surface area contributed by atoms with Crippen molar-refractivity contribution in [3.8, 4) is 5.69 Å². The average molecular weight is 777 g/mol. The van der Waals surface area contributed by atoms with Gasteiger partial charge in [-0.3, -0.25) is 14.2 Å². The van der Waals surface area contributed by atoms with Crippen molar-refractivity contribution >= 4 is 73.4 Å². The van der Waals surface area contributed by atoms with Gasteiger partial charge in [0.1, 0.15) is 5.82 Å². The zero-order valence-electron chi connectivity index (χ0n) is 29.8. The largest absolute Gasteiger partial charge is 0.344 e. The van der Waals surface area contributed by atoms with Gasteiger partial charge in [0.15, 0.2) is 9.50 Å². The summed E-state index contributed by atoms with van der Waals surface area (Å²) < 4.78 is 3.75. The van der Waals surface area contributed by atoms with Crippen LogP contribution in [-0.4, -0.2) is 42.6 Å². The second kappa shape index (κ2) is 16.7. The van der Waals surface area contributed by atoms with E-state index >= 15 is 0 Å². The third-order valence-corrected chi connectivity index (χ3v) is 12.3. The number of fused-ring (bicyclic) bond motifs is 2. The van der Waals surface area contributed by atoms with Gasteiger partial charge in [-0.1, -0.05) is 145 Å². The van der Waals surface area contributed by atoms with Crippen LogP contribution in [0.4, 0.5) is 5.69 Å². The van der Waals surface area contributed by atoms with Crippen LogP contribution in [0.25, 0.3) is 26.7 Å². The zero-order chi connectivity index (χ0) is 37.6. The van der Waals surface area contributed by atoms with Gasteiger partial charge in [0, 0.05) is 17.8 Å². The van der Waals surface area contributed by atoms with Crippen LogP contribution in [0, 0.1) is 0 Å². The molecule has 0 radical (unpaired) electrons. The standard InChI is InChI=1S/C44H36N6O2S3/c1-29(54-43-49-48-39(50(43)35-21-9-4-10-22-35)26-33-20-13-19-30-14-11-12-23-36(30)33)42(52)45-34-24-25-37-38(27-34)55-44(46-37)53-28-40(51)47-41(31-15-5-2-6-16-31)32-17-7-3-8-18-32/h2-25,27,29,41H,26,28H2,1H3,(H,45,52)(H,47,51)/t29-/m1/s1. The van der Waals surface area contributed by atoms with Crippen LogP contribution >= 0.6 is 34.9 Å². The van der Waals surface area contributed by atoms with Crippen LogP contribution in [0.2, 0.25) is 0 Å². The molecule has 0 fully saturated rings. The lowest BCUT2D eigenvalue weighted by molar-refractivity contribution is -0.119. The number of para-hydroxylation sites is 1. The Morgan fingerprint density at radius 1 is 0.764 bits per heavy atom. The van der Waals surface area contributed by atoms with E-state index in [4.69, 9.17) is 4.98 Å². The predicted octanol–water partition coefficient (Wildman–Crippen LogP) is 9.74. The van der Waals surface area contributed by atoms with Crippen LogP contribution in [0.15, 0.2) is 161 Å². The van der Waals surface area contributed by atoms with Crippen LogP contribution in [0.1, 0.15) is 35.5 Å². The maximum Gasteiger partial charge on any atom is 0.237 e. The fourth-order valence-corrected chi connectivity index (χ4v) is 9.23. The van der Waals surface area contributed by atoms with E-state index in [-0.39, 0.29) is 23.6 Å². The number of thiazole rings is 1. The van der Waals surface area contributed by atoms with Crippen molar-refractivity contribution in [2.75, 3.05) is 11.1 Å². The summed E-state index contributed by atoms with van der Waals surface area (Å²) >= 11 is 4.28. The molecule has 2 amide bonds. The first-order chi connectivity index (χ1) is 27.0. The second-order valence-corrected chi connectivity index (χ2v) is 16.5. The van der Waals surface area contributed by atoms with E-state index in [1.165, 1.54) is 45.6 Å². The molecule has 2 heterocycles. The van der Waals surface area contributed by atoms with Gasteiger partial charge in [0.25, 0.3) is 0 Å². The molecule has 0 aliphatic heterocycles. The molecule has 6 aromatic carbocycles. The average Bonchev–Trinajstić information content (AvgIpc) is 3.83. The molecular formula is C44H36N6O2S3. The highest BCUT2D eigenvalue weighted by molar-refractivity contribution is 8.01. The number of carbonyl (C=O) groups is 2. The van der Waals surface area contributed by atoms with Gasteiger partial charge in [-0.2, -0.15) is 0 Å². The lowest BCUT2D eigenvalue weighted by Crippen LogP contribution is -2.30. The molecule has 0 saturated carbocycles. The summed E-state index contributed by atoms with van der Waals surface area (Å²) in [6.07, 6.45) is 0.589. The second-order valence-electron chi connectivity index (χ2n) is 12.9. The van der Waals surface area contributed by atoms with E-state index in [0.29, 0.717) is 17.3 Å². The molecule has 0 saturated heterocycles. The molecule has 0 bridgehead atoms. The third-order valence-electron chi connectivity index (χ3n) is 9.13. The van der Waals surface area contributed by atoms with E-state index in [0.717, 1.165) is 42.8 Å². The molecule has 2 N–H and O–H groups in total. The highest BCUT2D eigenvalue weighted by Crippen LogP contribution is 2.33. The number of carbonyl (C=O) groups excluding carboxylic acids is 2. The fraction of sp³-hybridized carbons (Fsp3) is 0.114. The molecule has 8 nitrogen and oxygen atoms in total. The lowest BCUT2D eigenvalue weighted by Gasteiger charge is -2.19. The SMILES string of the molecule is C[C@@H](Sc1nnc(Cc2cccc3ccccc23)n1-c1ccccc1)C(=O)Nc1ccc2nc(SCC(=O)NC(c3ccccc3)c3ccccc3)sc2c1. The van der Waals surface area contributed by atoms with E-state index in [9.17, 15) is 9.59 Å². The monoisotopic (exact) mass is 776 g/mol. The topological polar surface area (TPSA) is 102 Å². The Bertz CT molecular complexity index is 2530. The van der Waals surface area contributed by atoms with Gasteiger partial charge in [0.2, 0.25) is 11.8 Å². The summed E-state index contributed by atoms with van der Waals surface area (Å²) in [4.78, 5) is 31.5. The number of nitrogens with zero attached hydrogens (tertiary/aromatic N) is 4. The number of anilines is 1. The van der Waals surface area contributed by atoms with Crippen molar-refractivity contribution in [3.05, 3.63) is 174 Å². The van der Waals surface area contributed by atoms with Gasteiger partial charge in [-0.15, -0.1) is 21.5 Å². The first kappa shape index (κ1) is 36.2. The normalized spacial score (nSPS) is 11.9. The van der Waals surface area contributed by atoms with Gasteiger partial charge >= 0.3 is 0 Å². The molecule has 1 atom stereocenters. The third kappa shape index (κ3) is 8.49. The molecule has 2 aromatic heterocycles. The Morgan fingerprint density at radius 3 is 2.18 bits per heavy atom. The van der Waals surface area contributed by atoms with Crippen LogP contribution in [0.5, 0.6) is 0 Å². The molecule has 8 rings (SSSR count). The van der Waals surface area contributed by atoms with Crippen LogP contribution < -0.4 is 10.6 Å². The van der Waals surface area contributed by atoms with Crippen molar-refractivity contribution in [1.29, 1.82) is 0 Å². The van der Waals surface area contributed by atoms with Crippen molar-refractivity contribution in [3.63, 3.8) is 0 Å². The van der Waals surface area contributed by atoms with Gasteiger partial charge < -0.3 is 10.6 Å². The summed E-state index contributed by atoms with van der Waals surface area (Å²) in [7, 11) is 0. The summed E-state index contributed by atoms with van der Waals surface area (Å²) in [5.41, 5.74) is 5.63. The molecule has 55 heavy (non-hydrogen) atoms. The highest BCUT2D eigenvalue weighted by atomic mass is 32.2. The van der Waals surface area contributed by atoms with Crippen molar-refractivity contribution in [2.45, 2.75) is 34.1 Å². The van der Waals surface area contributed by atoms with Gasteiger partial charge in [-0.25, -0.2) is 4.98 Å². The van der Waals surface area contributed by atoms with Crippen LogP contribution in [-0.2, 0) is 16.0 Å². The lowest BCUT2D eigenvalue weighted by atomic mass is 9.99. The number of aromatic nitrogens is 4. The maximum absolute atomic E-state index is 13.6. The predicted molar refractivity (Wildman–Crippen MR) is 225 cm³/mol. The van der Waals surface area contributed by atoms with Gasteiger partial charge in [-0.05, 0) is 64.7 Å². The molecule has 272 valence electrons. The Balaban J connectivity index is 0.928. The quantitative estimate of drug-likeness (QED) is 0.113. The first-order valence-corrected chi connectivity index (χ1v) is 20.5. The Labute approximate surface area is 331 Å². The minimum Gasteiger partial charge on any atom is -0.344 e. The van der Waals surface area contributed by atoms with E-state index in [2.05, 4.69) is 57.2 Å². The van der Waals surface area contributed by atoms with E-state index < -0.39 is 5.25 Å².